The second-order valence-electron chi connectivity index (χ2n) is 8.09. The van der Waals surface area contributed by atoms with Crippen molar-refractivity contribution in [3.63, 3.8) is 0 Å². The number of nitrogens with zero attached hydrogens (tertiary/aromatic N) is 3. The van der Waals surface area contributed by atoms with E-state index in [-0.39, 0.29) is 17.5 Å². The average molecular weight is 436 g/mol. The summed E-state index contributed by atoms with van der Waals surface area (Å²) < 4.78 is 6.83. The minimum Gasteiger partial charge on any atom is -0.497 e. The lowest BCUT2D eigenvalue weighted by molar-refractivity contribution is -0.133. The van der Waals surface area contributed by atoms with E-state index in [2.05, 4.69) is 6.92 Å². The van der Waals surface area contributed by atoms with Crippen molar-refractivity contribution in [2.75, 3.05) is 13.7 Å². The molecule has 1 unspecified atom stereocenters. The summed E-state index contributed by atoms with van der Waals surface area (Å²) in [6.45, 7) is 4.83. The van der Waals surface area contributed by atoms with Gasteiger partial charge in [0.1, 0.15) is 11.6 Å². The summed E-state index contributed by atoms with van der Waals surface area (Å²) in [6.07, 6.45) is 4.02. The van der Waals surface area contributed by atoms with Crippen molar-refractivity contribution in [2.24, 2.45) is 7.05 Å². The third-order valence-corrected chi connectivity index (χ3v) is 5.92. The van der Waals surface area contributed by atoms with Gasteiger partial charge in [0, 0.05) is 13.6 Å². The molecule has 0 radical (unpaired) electrons. The van der Waals surface area contributed by atoms with E-state index in [1.54, 1.807) is 24.8 Å². The summed E-state index contributed by atoms with van der Waals surface area (Å²) in [7, 11) is 3.38. The number of ether oxygens (including phenoxy) is 1. The Bertz CT molecular complexity index is 1110. The van der Waals surface area contributed by atoms with Crippen molar-refractivity contribution < 1.29 is 9.53 Å². The fourth-order valence-electron chi connectivity index (χ4n) is 4.08. The molecule has 0 spiro atoms. The third kappa shape index (κ3) is 5.18. The topological polar surface area (TPSA) is 64.4 Å². The van der Waals surface area contributed by atoms with Gasteiger partial charge in [0.25, 0.3) is 5.56 Å². The first-order valence-electron chi connectivity index (χ1n) is 11.4. The van der Waals surface area contributed by atoms with Gasteiger partial charge >= 0.3 is 0 Å². The number of hydrogen-bond acceptors (Lipinski definition) is 4. The zero-order chi connectivity index (χ0) is 23.1. The second kappa shape index (κ2) is 10.9. The van der Waals surface area contributed by atoms with Crippen molar-refractivity contribution in [1.29, 1.82) is 0 Å². The molecule has 32 heavy (non-hydrogen) atoms. The number of carbonyl (C=O) groups excluding carboxylic acids is 1. The van der Waals surface area contributed by atoms with Crippen LogP contribution in [-0.4, -0.2) is 34.0 Å². The molecule has 0 saturated heterocycles. The number of para-hydroxylation sites is 1. The normalized spacial score (nSPS) is 12.0. The van der Waals surface area contributed by atoms with E-state index in [4.69, 9.17) is 9.72 Å². The Labute approximate surface area is 189 Å². The monoisotopic (exact) mass is 435 g/mol. The Hall–Kier alpha value is -3.15. The van der Waals surface area contributed by atoms with E-state index in [0.29, 0.717) is 36.1 Å². The number of unbranched alkanes of at least 4 members (excludes halogenated alkanes) is 2. The van der Waals surface area contributed by atoms with Crippen LogP contribution >= 0.6 is 0 Å². The summed E-state index contributed by atoms with van der Waals surface area (Å²) in [5.41, 5.74) is 1.52. The van der Waals surface area contributed by atoms with Crippen LogP contribution in [0.25, 0.3) is 10.9 Å². The number of aromatic nitrogens is 2. The van der Waals surface area contributed by atoms with Gasteiger partial charge in [-0.1, -0.05) is 51.0 Å². The zero-order valence-corrected chi connectivity index (χ0v) is 19.5. The first-order valence-corrected chi connectivity index (χ1v) is 11.4. The third-order valence-electron chi connectivity index (χ3n) is 5.92. The van der Waals surface area contributed by atoms with E-state index >= 15 is 0 Å². The Morgan fingerprint density at radius 1 is 1.09 bits per heavy atom. The van der Waals surface area contributed by atoms with Crippen molar-refractivity contribution >= 4 is 16.8 Å². The quantitative estimate of drug-likeness (QED) is 0.435. The lowest BCUT2D eigenvalue weighted by Gasteiger charge is -2.32. The number of fused-ring (bicyclic) bond motifs is 1. The molecular formula is C26H33N3O3. The fourth-order valence-corrected chi connectivity index (χ4v) is 4.08. The molecule has 0 saturated carbocycles. The second-order valence-corrected chi connectivity index (χ2v) is 8.09. The molecule has 1 aromatic heterocycles. The Kier molecular flexibility index (Phi) is 8.03. The molecule has 3 aromatic rings. The van der Waals surface area contributed by atoms with E-state index < -0.39 is 0 Å². The molecule has 6 nitrogen and oxygen atoms in total. The van der Waals surface area contributed by atoms with Crippen LogP contribution < -0.4 is 10.3 Å². The summed E-state index contributed by atoms with van der Waals surface area (Å²) >= 11 is 0. The maximum atomic E-state index is 13.5. The maximum Gasteiger partial charge on any atom is 0.261 e. The van der Waals surface area contributed by atoms with Gasteiger partial charge in [-0.3, -0.25) is 14.2 Å². The fraction of sp³-hybridized carbons (Fsp3) is 0.423. The highest BCUT2D eigenvalue weighted by Gasteiger charge is 2.27. The van der Waals surface area contributed by atoms with Crippen LogP contribution in [0.1, 0.15) is 57.0 Å². The molecule has 6 heteroatoms. The van der Waals surface area contributed by atoms with Crippen LogP contribution in [0, 0.1) is 0 Å². The van der Waals surface area contributed by atoms with Crippen LogP contribution in [-0.2, 0) is 18.3 Å². The predicted octanol–water partition coefficient (Wildman–Crippen LogP) is 4.65. The van der Waals surface area contributed by atoms with Gasteiger partial charge in [0.15, 0.2) is 0 Å². The van der Waals surface area contributed by atoms with Crippen molar-refractivity contribution in [3.05, 3.63) is 70.3 Å². The summed E-state index contributed by atoms with van der Waals surface area (Å²) in [4.78, 5) is 33.2. The highest BCUT2D eigenvalue weighted by Crippen LogP contribution is 2.25. The molecule has 1 amide bonds. The van der Waals surface area contributed by atoms with Gasteiger partial charge in [-0.25, -0.2) is 4.98 Å². The first-order chi connectivity index (χ1) is 15.5. The van der Waals surface area contributed by atoms with E-state index in [0.717, 1.165) is 30.6 Å². The van der Waals surface area contributed by atoms with Gasteiger partial charge < -0.3 is 9.64 Å². The SMILES string of the molecule is CCCCCN(C(=O)Cc1ccc(OC)cc1)C(CC)c1nc2ccccc2c(=O)n1C. The molecule has 2 aromatic carbocycles. The smallest absolute Gasteiger partial charge is 0.261 e. The lowest BCUT2D eigenvalue weighted by Crippen LogP contribution is -2.39. The average Bonchev–Trinajstić information content (AvgIpc) is 2.82. The molecule has 0 N–H and O–H groups in total. The van der Waals surface area contributed by atoms with Crippen LogP contribution in [0.4, 0.5) is 0 Å². The molecule has 170 valence electrons. The largest absolute Gasteiger partial charge is 0.497 e. The predicted molar refractivity (Wildman–Crippen MR) is 128 cm³/mol. The van der Waals surface area contributed by atoms with Crippen LogP contribution in [0.2, 0.25) is 0 Å². The number of hydrogen-bond donors (Lipinski definition) is 0. The number of methoxy groups -OCH3 is 1. The van der Waals surface area contributed by atoms with E-state index in [1.807, 2.05) is 54.3 Å². The van der Waals surface area contributed by atoms with Crippen LogP contribution in [0.3, 0.4) is 0 Å². The number of amides is 1. The summed E-state index contributed by atoms with van der Waals surface area (Å²) in [5.74, 6) is 1.44. The summed E-state index contributed by atoms with van der Waals surface area (Å²) in [5, 5.41) is 0.593. The molecule has 0 aliphatic carbocycles. The standard InChI is InChI=1S/C26H33N3O3/c1-5-7-10-17-29(24(30)18-19-13-15-20(32-4)16-14-19)23(6-2)25-27-22-12-9-8-11-21(22)26(31)28(25)3/h8-9,11-16,23H,5-7,10,17-18H2,1-4H3. The number of carbonyl (C=O) groups is 1. The minimum absolute atomic E-state index is 0.0422. The highest BCUT2D eigenvalue weighted by molar-refractivity contribution is 5.80. The van der Waals surface area contributed by atoms with Crippen molar-refractivity contribution in [3.8, 4) is 5.75 Å². The van der Waals surface area contributed by atoms with Crippen LogP contribution in [0.5, 0.6) is 5.75 Å². The van der Waals surface area contributed by atoms with E-state index in [1.165, 1.54) is 0 Å². The Morgan fingerprint density at radius 2 is 1.81 bits per heavy atom. The molecular weight excluding hydrogens is 402 g/mol. The molecule has 1 heterocycles. The first kappa shape index (κ1) is 23.5. The molecule has 0 fully saturated rings. The number of benzene rings is 2. The molecule has 0 aliphatic heterocycles. The van der Waals surface area contributed by atoms with Gasteiger partial charge in [-0.05, 0) is 42.7 Å². The highest BCUT2D eigenvalue weighted by atomic mass is 16.5. The molecule has 1 atom stereocenters. The number of rotatable bonds is 10. The maximum absolute atomic E-state index is 13.5. The Morgan fingerprint density at radius 3 is 2.47 bits per heavy atom. The van der Waals surface area contributed by atoms with Gasteiger partial charge in [-0.2, -0.15) is 0 Å². The zero-order valence-electron chi connectivity index (χ0n) is 19.5. The summed E-state index contributed by atoms with van der Waals surface area (Å²) in [6, 6.07) is 14.7. The van der Waals surface area contributed by atoms with Gasteiger partial charge in [0.2, 0.25) is 5.91 Å². The molecule has 0 bridgehead atoms. The lowest BCUT2D eigenvalue weighted by atomic mass is 10.1. The van der Waals surface area contributed by atoms with Crippen molar-refractivity contribution in [1.82, 2.24) is 14.5 Å². The van der Waals surface area contributed by atoms with Crippen LogP contribution in [0.15, 0.2) is 53.3 Å². The van der Waals surface area contributed by atoms with Crippen molar-refractivity contribution in [2.45, 2.75) is 52.0 Å². The van der Waals surface area contributed by atoms with Gasteiger partial charge in [-0.15, -0.1) is 0 Å². The van der Waals surface area contributed by atoms with E-state index in [9.17, 15) is 9.59 Å². The minimum atomic E-state index is -0.264. The Balaban J connectivity index is 1.96. The van der Waals surface area contributed by atoms with Gasteiger partial charge in [0.05, 0.1) is 30.5 Å². The molecule has 0 aliphatic rings. The molecule has 3 rings (SSSR count).